The zero-order valence-electron chi connectivity index (χ0n) is 13.9. The van der Waals surface area contributed by atoms with Crippen molar-refractivity contribution in [1.82, 2.24) is 4.57 Å². The Morgan fingerprint density at radius 1 is 1.04 bits per heavy atom. The molecule has 26 heavy (non-hydrogen) atoms. The summed E-state index contributed by atoms with van der Waals surface area (Å²) in [7, 11) is -3.70. The number of furan rings is 1. The van der Waals surface area contributed by atoms with Gasteiger partial charge in [0.25, 0.3) is 10.0 Å². The van der Waals surface area contributed by atoms with E-state index in [0.717, 1.165) is 16.1 Å². The molecule has 132 valence electrons. The number of hydrogen-bond acceptors (Lipinski definition) is 4. The van der Waals surface area contributed by atoms with Crippen LogP contribution in [0.15, 0.2) is 81.9 Å². The maximum atomic E-state index is 12.9. The highest BCUT2D eigenvalue weighted by molar-refractivity contribution is 7.94. The van der Waals surface area contributed by atoms with Gasteiger partial charge in [-0.1, -0.05) is 6.07 Å². The van der Waals surface area contributed by atoms with Crippen LogP contribution in [0.1, 0.15) is 5.56 Å². The Bertz CT molecular complexity index is 1130. The molecule has 3 heterocycles. The minimum atomic E-state index is -3.70. The number of benzene rings is 1. The molecule has 4 rings (SSSR count). The molecule has 1 N–H and O–H groups in total. The van der Waals surface area contributed by atoms with Crippen molar-refractivity contribution >= 4 is 27.0 Å². The van der Waals surface area contributed by atoms with Gasteiger partial charge < -0.3 is 8.98 Å². The summed E-state index contributed by atoms with van der Waals surface area (Å²) < 4.78 is 35.9. The van der Waals surface area contributed by atoms with Crippen molar-refractivity contribution in [3.63, 3.8) is 0 Å². The molecule has 0 saturated heterocycles. The van der Waals surface area contributed by atoms with Crippen molar-refractivity contribution in [1.29, 1.82) is 0 Å². The predicted octanol–water partition coefficient (Wildman–Crippen LogP) is 4.91. The third kappa shape index (κ3) is 3.18. The van der Waals surface area contributed by atoms with Gasteiger partial charge in [0.15, 0.2) is 0 Å². The summed E-state index contributed by atoms with van der Waals surface area (Å²) in [4.78, 5) is 0.769. The fourth-order valence-electron chi connectivity index (χ4n) is 2.66. The zero-order valence-corrected chi connectivity index (χ0v) is 15.5. The van der Waals surface area contributed by atoms with Crippen molar-refractivity contribution in [2.45, 2.75) is 11.1 Å². The van der Waals surface area contributed by atoms with Crippen LogP contribution in [-0.2, 0) is 10.0 Å². The summed E-state index contributed by atoms with van der Waals surface area (Å²) in [6.07, 6.45) is 5.32. The molecule has 0 aliphatic carbocycles. The Hall–Kier alpha value is -2.77. The highest BCUT2D eigenvalue weighted by Gasteiger charge is 2.20. The smallest absolute Gasteiger partial charge is 0.271 e. The first-order chi connectivity index (χ1) is 12.5. The summed E-state index contributed by atoms with van der Waals surface area (Å²) in [6.45, 7) is 1.93. The van der Waals surface area contributed by atoms with Crippen LogP contribution in [0.3, 0.4) is 0 Å². The molecule has 7 heteroatoms. The minimum absolute atomic E-state index is 0.240. The molecule has 4 aromatic rings. The fourth-order valence-corrected chi connectivity index (χ4v) is 5.00. The van der Waals surface area contributed by atoms with E-state index in [1.807, 2.05) is 54.2 Å². The molecule has 0 spiro atoms. The standard InChI is InChI=1S/C19H16N2O3S2/c1-14-6-7-16(21-10-2-3-11-21)15(13-14)20-26(22,23)19-9-8-18(25-19)17-5-4-12-24-17/h2-13,20H,1H3. The van der Waals surface area contributed by atoms with E-state index in [1.165, 1.54) is 11.3 Å². The van der Waals surface area contributed by atoms with Crippen LogP contribution in [0.25, 0.3) is 16.3 Å². The number of aryl methyl sites for hydroxylation is 1. The zero-order chi connectivity index (χ0) is 18.1. The van der Waals surface area contributed by atoms with Gasteiger partial charge in [0.2, 0.25) is 0 Å². The number of anilines is 1. The van der Waals surface area contributed by atoms with Crippen molar-refractivity contribution < 1.29 is 12.8 Å². The molecule has 5 nitrogen and oxygen atoms in total. The number of hydrogen-bond donors (Lipinski definition) is 1. The van der Waals surface area contributed by atoms with Gasteiger partial charge in [-0.25, -0.2) is 8.42 Å². The monoisotopic (exact) mass is 384 g/mol. The maximum Gasteiger partial charge on any atom is 0.271 e. The van der Waals surface area contributed by atoms with Crippen molar-refractivity contribution in [3.8, 4) is 16.3 Å². The lowest BCUT2D eigenvalue weighted by Gasteiger charge is -2.13. The Balaban J connectivity index is 1.70. The SMILES string of the molecule is Cc1ccc(-n2cccc2)c(NS(=O)(=O)c2ccc(-c3ccco3)s2)c1. The van der Waals surface area contributed by atoms with E-state index in [9.17, 15) is 8.42 Å². The number of thiophene rings is 1. The van der Waals surface area contributed by atoms with Crippen LogP contribution in [0, 0.1) is 6.92 Å². The van der Waals surface area contributed by atoms with Gasteiger partial charge in [-0.05, 0) is 61.0 Å². The number of nitrogens with one attached hydrogen (secondary N) is 1. The largest absolute Gasteiger partial charge is 0.464 e. The van der Waals surface area contributed by atoms with Gasteiger partial charge in [-0.15, -0.1) is 11.3 Å². The highest BCUT2D eigenvalue weighted by Crippen LogP contribution is 2.33. The van der Waals surface area contributed by atoms with E-state index in [1.54, 1.807) is 30.5 Å². The number of nitrogens with zero attached hydrogens (tertiary/aromatic N) is 1. The Morgan fingerprint density at radius 3 is 2.58 bits per heavy atom. The lowest BCUT2D eigenvalue weighted by molar-refractivity contribution is 0.584. The first kappa shape index (κ1) is 16.7. The lowest BCUT2D eigenvalue weighted by atomic mass is 10.2. The summed E-state index contributed by atoms with van der Waals surface area (Å²) >= 11 is 1.17. The molecule has 0 fully saturated rings. The van der Waals surface area contributed by atoms with Gasteiger partial charge in [-0.3, -0.25) is 4.72 Å². The molecule has 0 unspecified atom stereocenters. The van der Waals surface area contributed by atoms with E-state index in [-0.39, 0.29) is 4.21 Å². The molecule has 1 aromatic carbocycles. The van der Waals surface area contributed by atoms with Crippen molar-refractivity contribution in [2.75, 3.05) is 4.72 Å². The summed E-state index contributed by atoms with van der Waals surface area (Å²) in [5.41, 5.74) is 2.28. The average Bonchev–Trinajstić information content (AvgIpc) is 3.35. The average molecular weight is 384 g/mol. The Morgan fingerprint density at radius 2 is 1.85 bits per heavy atom. The molecule has 0 atom stereocenters. The van der Waals surface area contributed by atoms with Gasteiger partial charge in [0.1, 0.15) is 9.97 Å². The molecule has 0 aliphatic heterocycles. The minimum Gasteiger partial charge on any atom is -0.464 e. The fraction of sp³-hybridized carbons (Fsp3) is 0.0526. The summed E-state index contributed by atoms with van der Waals surface area (Å²) in [6, 6.07) is 16.4. The second-order valence-corrected chi connectivity index (χ2v) is 8.81. The molecule has 0 saturated carbocycles. The van der Waals surface area contributed by atoms with Crippen LogP contribution in [0.5, 0.6) is 0 Å². The van der Waals surface area contributed by atoms with Crippen LogP contribution in [0.4, 0.5) is 5.69 Å². The van der Waals surface area contributed by atoms with Crippen LogP contribution < -0.4 is 4.72 Å². The van der Waals surface area contributed by atoms with E-state index >= 15 is 0 Å². The predicted molar refractivity (Wildman–Crippen MR) is 103 cm³/mol. The van der Waals surface area contributed by atoms with Crippen molar-refractivity contribution in [2.24, 2.45) is 0 Å². The van der Waals surface area contributed by atoms with Crippen molar-refractivity contribution in [3.05, 3.63) is 78.8 Å². The van der Waals surface area contributed by atoms with Gasteiger partial charge in [0.05, 0.1) is 22.5 Å². The topological polar surface area (TPSA) is 64.2 Å². The summed E-state index contributed by atoms with van der Waals surface area (Å²) in [5, 5.41) is 0. The van der Waals surface area contributed by atoms with E-state index in [0.29, 0.717) is 11.4 Å². The third-order valence-electron chi connectivity index (χ3n) is 3.89. The van der Waals surface area contributed by atoms with E-state index in [2.05, 4.69) is 4.72 Å². The maximum absolute atomic E-state index is 12.9. The normalized spacial score (nSPS) is 11.6. The summed E-state index contributed by atoms with van der Waals surface area (Å²) in [5.74, 6) is 0.653. The van der Waals surface area contributed by atoms with Gasteiger partial charge >= 0.3 is 0 Å². The first-order valence-corrected chi connectivity index (χ1v) is 10.2. The van der Waals surface area contributed by atoms with Gasteiger partial charge in [0, 0.05) is 12.4 Å². The number of rotatable bonds is 5. The van der Waals surface area contributed by atoms with Crippen LogP contribution in [0.2, 0.25) is 0 Å². The number of aromatic nitrogens is 1. The molecule has 0 amide bonds. The van der Waals surface area contributed by atoms with E-state index in [4.69, 9.17) is 4.42 Å². The highest BCUT2D eigenvalue weighted by atomic mass is 32.2. The number of sulfonamides is 1. The second kappa shape index (κ2) is 6.51. The molecule has 0 aliphatic rings. The first-order valence-electron chi connectivity index (χ1n) is 7.93. The van der Waals surface area contributed by atoms with Gasteiger partial charge in [-0.2, -0.15) is 0 Å². The molecule has 0 bridgehead atoms. The second-order valence-electron chi connectivity index (χ2n) is 5.81. The Kier molecular flexibility index (Phi) is 4.18. The van der Waals surface area contributed by atoms with Crippen LogP contribution in [-0.4, -0.2) is 13.0 Å². The molecular weight excluding hydrogens is 368 g/mol. The Labute approximate surface area is 155 Å². The van der Waals surface area contributed by atoms with E-state index < -0.39 is 10.0 Å². The van der Waals surface area contributed by atoms with Crippen LogP contribution >= 0.6 is 11.3 Å². The third-order valence-corrected chi connectivity index (χ3v) is 6.85. The molecule has 3 aromatic heterocycles. The molecular formula is C19H16N2O3S2. The molecule has 0 radical (unpaired) electrons. The quantitative estimate of drug-likeness (QED) is 0.532. The lowest BCUT2D eigenvalue weighted by Crippen LogP contribution is -2.13.